The highest BCUT2D eigenvalue weighted by molar-refractivity contribution is 8.00. The topological polar surface area (TPSA) is 17.1 Å². The van der Waals surface area contributed by atoms with Crippen LogP contribution in [-0.2, 0) is 6.42 Å². The van der Waals surface area contributed by atoms with E-state index in [1.807, 2.05) is 6.92 Å². The monoisotopic (exact) mass is 262 g/mol. The predicted octanol–water partition coefficient (Wildman–Crippen LogP) is 4.45. The summed E-state index contributed by atoms with van der Waals surface area (Å²) >= 11 is -0.220. The number of ketones is 1. The summed E-state index contributed by atoms with van der Waals surface area (Å²) in [5.74, 6) is -0.264. The van der Waals surface area contributed by atoms with Crippen LogP contribution in [0.25, 0.3) is 0 Å². The second-order valence-corrected chi connectivity index (χ2v) is 4.62. The Balaban J connectivity index is 3.16. The van der Waals surface area contributed by atoms with Crippen molar-refractivity contribution in [3.8, 4) is 0 Å². The first-order valence-corrected chi connectivity index (χ1v) is 6.11. The van der Waals surface area contributed by atoms with Crippen molar-refractivity contribution in [1.82, 2.24) is 0 Å². The maximum atomic E-state index is 12.4. The van der Waals surface area contributed by atoms with Crippen LogP contribution in [0.5, 0.6) is 0 Å². The summed E-state index contributed by atoms with van der Waals surface area (Å²) in [6.07, 6.45) is 0.850. The quantitative estimate of drug-likeness (QED) is 0.589. The second kappa shape index (κ2) is 5.58. The lowest BCUT2D eigenvalue weighted by molar-refractivity contribution is -0.0328. The molecular weight excluding hydrogens is 249 g/mol. The number of carbonyl (C=O) groups is 1. The third-order valence-corrected chi connectivity index (χ3v) is 3.09. The molecule has 0 unspecified atom stereocenters. The fourth-order valence-electron chi connectivity index (χ4n) is 1.42. The number of hydrogen-bond donors (Lipinski definition) is 0. The van der Waals surface area contributed by atoms with Crippen molar-refractivity contribution in [2.45, 2.75) is 37.1 Å². The zero-order valence-corrected chi connectivity index (χ0v) is 10.4. The van der Waals surface area contributed by atoms with E-state index in [4.69, 9.17) is 0 Å². The fourth-order valence-corrected chi connectivity index (χ4v) is 2.17. The minimum atomic E-state index is -4.37. The maximum Gasteiger partial charge on any atom is 0.446 e. The van der Waals surface area contributed by atoms with Gasteiger partial charge in [-0.05, 0) is 29.8 Å². The Labute approximate surface area is 102 Å². The molecule has 0 fully saturated rings. The molecule has 0 heterocycles. The minimum absolute atomic E-state index is 0.00343. The molecule has 0 atom stereocenters. The van der Waals surface area contributed by atoms with Crippen molar-refractivity contribution in [3.63, 3.8) is 0 Å². The van der Waals surface area contributed by atoms with E-state index in [0.29, 0.717) is 6.42 Å². The molecule has 0 spiro atoms. The van der Waals surface area contributed by atoms with Gasteiger partial charge in [0, 0.05) is 16.9 Å². The summed E-state index contributed by atoms with van der Waals surface area (Å²) < 4.78 is 37.1. The van der Waals surface area contributed by atoms with E-state index < -0.39 is 5.51 Å². The van der Waals surface area contributed by atoms with Crippen LogP contribution in [0, 0.1) is 0 Å². The maximum absolute atomic E-state index is 12.4. The molecule has 0 bridgehead atoms. The van der Waals surface area contributed by atoms with Gasteiger partial charge in [-0.3, -0.25) is 4.79 Å². The smallest absolute Gasteiger partial charge is 0.294 e. The number of Topliss-reactive ketones (excluding diaryl/α,β-unsaturated/α-hetero) is 1. The predicted molar refractivity (Wildman–Crippen MR) is 62.4 cm³/mol. The van der Waals surface area contributed by atoms with Gasteiger partial charge in [0.25, 0.3) is 0 Å². The Kier molecular flexibility index (Phi) is 4.62. The fraction of sp³-hybridized carbons (Fsp3) is 0.417. The van der Waals surface area contributed by atoms with Crippen LogP contribution in [0.15, 0.2) is 23.1 Å². The number of halogens is 3. The molecule has 1 rings (SSSR count). The van der Waals surface area contributed by atoms with Crippen LogP contribution in [0.2, 0.25) is 0 Å². The standard InChI is InChI=1S/C12H13F3OS/c1-3-8-5-6-9(10(16)4-2)11(7-8)17-12(13,14)15/h5-7H,3-4H2,1-2H3. The van der Waals surface area contributed by atoms with Crippen LogP contribution in [0.4, 0.5) is 13.2 Å². The molecule has 0 aliphatic heterocycles. The highest BCUT2D eigenvalue weighted by Crippen LogP contribution is 2.39. The molecule has 0 aromatic heterocycles. The average Bonchev–Trinajstić information content (AvgIpc) is 2.25. The molecule has 1 nitrogen and oxygen atoms in total. The van der Waals surface area contributed by atoms with Gasteiger partial charge in [0.1, 0.15) is 0 Å². The van der Waals surface area contributed by atoms with Crippen molar-refractivity contribution in [3.05, 3.63) is 29.3 Å². The molecule has 0 amide bonds. The molecular formula is C12H13F3OS. The van der Waals surface area contributed by atoms with Crippen LogP contribution >= 0.6 is 11.8 Å². The zero-order chi connectivity index (χ0) is 13.1. The van der Waals surface area contributed by atoms with Gasteiger partial charge in [0.05, 0.1) is 0 Å². The first kappa shape index (κ1) is 14.1. The van der Waals surface area contributed by atoms with E-state index in [1.165, 1.54) is 12.1 Å². The van der Waals surface area contributed by atoms with Crippen LogP contribution < -0.4 is 0 Å². The number of alkyl halides is 3. The van der Waals surface area contributed by atoms with Gasteiger partial charge in [-0.1, -0.05) is 26.0 Å². The van der Waals surface area contributed by atoms with Gasteiger partial charge in [0.15, 0.2) is 5.78 Å². The van der Waals surface area contributed by atoms with E-state index in [2.05, 4.69) is 0 Å². The Morgan fingerprint density at radius 2 is 1.94 bits per heavy atom. The van der Waals surface area contributed by atoms with E-state index in [9.17, 15) is 18.0 Å². The summed E-state index contributed by atoms with van der Waals surface area (Å²) in [5, 5.41) is 0. The van der Waals surface area contributed by atoms with Crippen molar-refractivity contribution >= 4 is 17.5 Å². The summed E-state index contributed by atoms with van der Waals surface area (Å²) in [7, 11) is 0. The van der Waals surface area contributed by atoms with Crippen molar-refractivity contribution in [1.29, 1.82) is 0 Å². The molecule has 1 aromatic carbocycles. The number of benzene rings is 1. The summed E-state index contributed by atoms with van der Waals surface area (Å²) in [6.45, 7) is 3.50. The lowest BCUT2D eigenvalue weighted by Crippen LogP contribution is -2.05. The van der Waals surface area contributed by atoms with Gasteiger partial charge < -0.3 is 0 Å². The molecule has 0 saturated carbocycles. The summed E-state index contributed by atoms with van der Waals surface area (Å²) in [6, 6.07) is 4.63. The van der Waals surface area contributed by atoms with E-state index in [0.717, 1.165) is 5.56 Å². The number of aryl methyl sites for hydroxylation is 1. The lowest BCUT2D eigenvalue weighted by atomic mass is 10.1. The summed E-state index contributed by atoms with van der Waals surface area (Å²) in [4.78, 5) is 11.5. The molecule has 0 radical (unpaired) electrons. The first-order chi connectivity index (χ1) is 7.87. The molecule has 0 aliphatic carbocycles. The SMILES string of the molecule is CCC(=O)c1ccc(CC)cc1SC(F)(F)F. The normalized spacial score (nSPS) is 11.6. The minimum Gasteiger partial charge on any atom is -0.294 e. The summed E-state index contributed by atoms with van der Waals surface area (Å²) in [5.41, 5.74) is -3.41. The van der Waals surface area contributed by atoms with Crippen LogP contribution in [0.1, 0.15) is 36.2 Å². The van der Waals surface area contributed by atoms with Gasteiger partial charge in [0.2, 0.25) is 0 Å². The average molecular weight is 262 g/mol. The van der Waals surface area contributed by atoms with Crippen LogP contribution in [-0.4, -0.2) is 11.3 Å². The highest BCUT2D eigenvalue weighted by Gasteiger charge is 2.31. The van der Waals surface area contributed by atoms with Gasteiger partial charge in [-0.25, -0.2) is 0 Å². The Morgan fingerprint density at radius 1 is 1.29 bits per heavy atom. The molecule has 1 aromatic rings. The first-order valence-electron chi connectivity index (χ1n) is 5.29. The van der Waals surface area contributed by atoms with Gasteiger partial charge in [-0.2, -0.15) is 13.2 Å². The van der Waals surface area contributed by atoms with Gasteiger partial charge >= 0.3 is 5.51 Å². The largest absolute Gasteiger partial charge is 0.446 e. The van der Waals surface area contributed by atoms with Crippen molar-refractivity contribution < 1.29 is 18.0 Å². The number of hydrogen-bond acceptors (Lipinski definition) is 2. The second-order valence-electron chi connectivity index (χ2n) is 3.51. The highest BCUT2D eigenvalue weighted by atomic mass is 32.2. The molecule has 0 saturated heterocycles. The van der Waals surface area contributed by atoms with Crippen LogP contribution in [0.3, 0.4) is 0 Å². The number of thioether (sulfide) groups is 1. The third kappa shape index (κ3) is 4.07. The lowest BCUT2D eigenvalue weighted by Gasteiger charge is -2.11. The van der Waals surface area contributed by atoms with E-state index in [-0.39, 0.29) is 34.4 Å². The van der Waals surface area contributed by atoms with E-state index >= 15 is 0 Å². The van der Waals surface area contributed by atoms with Crippen molar-refractivity contribution in [2.24, 2.45) is 0 Å². The van der Waals surface area contributed by atoms with Gasteiger partial charge in [-0.15, -0.1) is 0 Å². The number of carbonyl (C=O) groups excluding carboxylic acids is 1. The molecule has 5 heteroatoms. The Morgan fingerprint density at radius 3 is 2.41 bits per heavy atom. The molecule has 17 heavy (non-hydrogen) atoms. The van der Waals surface area contributed by atoms with E-state index in [1.54, 1.807) is 13.0 Å². The molecule has 94 valence electrons. The number of rotatable bonds is 4. The van der Waals surface area contributed by atoms with Crippen molar-refractivity contribution in [2.75, 3.05) is 0 Å². The third-order valence-electron chi connectivity index (χ3n) is 2.30. The Bertz CT molecular complexity index is 413. The molecule has 0 N–H and O–H groups in total. The zero-order valence-electron chi connectivity index (χ0n) is 9.60. The molecule has 0 aliphatic rings. The Hall–Kier alpha value is -0.970.